The molecular formula is C9H8F2N2O. The Morgan fingerprint density at radius 1 is 1.43 bits per heavy atom. The van der Waals surface area contributed by atoms with Crippen molar-refractivity contribution in [2.75, 3.05) is 0 Å². The molecule has 0 aliphatic carbocycles. The topological polar surface area (TPSA) is 38.0 Å². The van der Waals surface area contributed by atoms with E-state index in [4.69, 9.17) is 5.11 Å². The summed E-state index contributed by atoms with van der Waals surface area (Å²) < 4.78 is 27.5. The van der Waals surface area contributed by atoms with E-state index in [1.54, 1.807) is 7.05 Å². The van der Waals surface area contributed by atoms with E-state index in [1.807, 2.05) is 0 Å². The third-order valence-corrected chi connectivity index (χ3v) is 2.14. The van der Waals surface area contributed by atoms with Crippen LogP contribution in [0, 0.1) is 11.6 Å². The SMILES string of the molecule is Cn1c(CO)nc2c(F)cc(F)cc21. The zero-order chi connectivity index (χ0) is 10.3. The molecule has 0 atom stereocenters. The van der Waals surface area contributed by atoms with Crippen molar-refractivity contribution >= 4 is 11.0 Å². The highest BCUT2D eigenvalue weighted by Gasteiger charge is 2.12. The summed E-state index contributed by atoms with van der Waals surface area (Å²) in [5, 5.41) is 8.88. The van der Waals surface area contributed by atoms with E-state index in [9.17, 15) is 8.78 Å². The number of aromatic nitrogens is 2. The number of benzene rings is 1. The molecule has 2 rings (SSSR count). The van der Waals surface area contributed by atoms with Crippen LogP contribution in [0.25, 0.3) is 11.0 Å². The van der Waals surface area contributed by atoms with Gasteiger partial charge in [0.05, 0.1) is 5.52 Å². The van der Waals surface area contributed by atoms with Gasteiger partial charge in [0.25, 0.3) is 0 Å². The molecule has 14 heavy (non-hydrogen) atoms. The molecule has 0 radical (unpaired) electrons. The van der Waals surface area contributed by atoms with E-state index < -0.39 is 11.6 Å². The second-order valence-corrected chi connectivity index (χ2v) is 3.00. The zero-order valence-corrected chi connectivity index (χ0v) is 7.46. The number of fused-ring (bicyclic) bond motifs is 1. The Morgan fingerprint density at radius 3 is 2.79 bits per heavy atom. The molecule has 0 saturated carbocycles. The van der Waals surface area contributed by atoms with E-state index >= 15 is 0 Å². The maximum Gasteiger partial charge on any atom is 0.153 e. The first-order valence-electron chi connectivity index (χ1n) is 4.04. The van der Waals surface area contributed by atoms with Crippen LogP contribution < -0.4 is 0 Å². The maximum atomic E-state index is 13.2. The van der Waals surface area contributed by atoms with Crippen molar-refractivity contribution in [2.45, 2.75) is 6.61 Å². The number of aliphatic hydroxyl groups excluding tert-OH is 1. The molecule has 0 bridgehead atoms. The number of rotatable bonds is 1. The molecule has 2 aromatic rings. The summed E-state index contributed by atoms with van der Waals surface area (Å²) in [7, 11) is 1.60. The Kier molecular flexibility index (Phi) is 1.96. The van der Waals surface area contributed by atoms with Gasteiger partial charge in [-0.2, -0.15) is 0 Å². The van der Waals surface area contributed by atoms with Gasteiger partial charge in [0.15, 0.2) is 5.82 Å². The smallest absolute Gasteiger partial charge is 0.153 e. The van der Waals surface area contributed by atoms with Gasteiger partial charge in [0.2, 0.25) is 0 Å². The molecule has 1 N–H and O–H groups in total. The summed E-state index contributed by atoms with van der Waals surface area (Å²) in [4.78, 5) is 3.84. The molecule has 0 aliphatic heterocycles. The molecule has 0 fully saturated rings. The number of aryl methyl sites for hydroxylation is 1. The summed E-state index contributed by atoms with van der Waals surface area (Å²) in [5.74, 6) is -1.05. The Labute approximate surface area is 78.6 Å². The molecule has 0 aliphatic rings. The standard InChI is InChI=1S/C9H8F2N2O/c1-13-7-3-5(10)2-6(11)9(7)12-8(13)4-14/h2-3,14H,4H2,1H3. The monoisotopic (exact) mass is 198 g/mol. The third-order valence-electron chi connectivity index (χ3n) is 2.14. The van der Waals surface area contributed by atoms with Crippen molar-refractivity contribution in [3.63, 3.8) is 0 Å². The number of hydrogen-bond donors (Lipinski definition) is 1. The first-order chi connectivity index (χ1) is 6.63. The lowest BCUT2D eigenvalue weighted by molar-refractivity contribution is 0.268. The highest BCUT2D eigenvalue weighted by molar-refractivity contribution is 5.76. The number of hydrogen-bond acceptors (Lipinski definition) is 2. The van der Waals surface area contributed by atoms with Gasteiger partial charge < -0.3 is 9.67 Å². The molecule has 74 valence electrons. The van der Waals surface area contributed by atoms with Crippen LogP contribution in [0.3, 0.4) is 0 Å². The van der Waals surface area contributed by atoms with Crippen molar-refractivity contribution in [1.29, 1.82) is 0 Å². The second-order valence-electron chi connectivity index (χ2n) is 3.00. The van der Waals surface area contributed by atoms with E-state index in [0.29, 0.717) is 11.3 Å². The minimum absolute atomic E-state index is 0.0814. The summed E-state index contributed by atoms with van der Waals surface area (Å²) in [6, 6.07) is 1.96. The number of imidazole rings is 1. The zero-order valence-electron chi connectivity index (χ0n) is 7.46. The average Bonchev–Trinajstić information content (AvgIpc) is 2.44. The molecular weight excluding hydrogens is 190 g/mol. The Bertz CT molecular complexity index is 493. The van der Waals surface area contributed by atoms with E-state index in [1.165, 1.54) is 10.6 Å². The van der Waals surface area contributed by atoms with Crippen LogP contribution in [-0.4, -0.2) is 14.7 Å². The maximum absolute atomic E-state index is 13.2. The predicted molar refractivity (Wildman–Crippen MR) is 46.6 cm³/mol. The van der Waals surface area contributed by atoms with Crippen LogP contribution in [0.2, 0.25) is 0 Å². The molecule has 3 nitrogen and oxygen atoms in total. The van der Waals surface area contributed by atoms with Crippen molar-refractivity contribution in [3.8, 4) is 0 Å². The van der Waals surface area contributed by atoms with Gasteiger partial charge in [-0.15, -0.1) is 0 Å². The Balaban J connectivity index is 2.85. The minimum atomic E-state index is -0.713. The summed E-state index contributed by atoms with van der Waals surface area (Å²) in [5.41, 5.74) is 0.421. The quantitative estimate of drug-likeness (QED) is 0.750. The molecule has 1 heterocycles. The molecule has 0 amide bonds. The van der Waals surface area contributed by atoms with Gasteiger partial charge in [-0.05, 0) is 6.07 Å². The summed E-state index contributed by atoms with van der Waals surface area (Å²) in [6.45, 7) is -0.299. The predicted octanol–water partition coefficient (Wildman–Crippen LogP) is 1.34. The Hall–Kier alpha value is -1.49. The van der Waals surface area contributed by atoms with Crippen LogP contribution in [0.4, 0.5) is 8.78 Å². The van der Waals surface area contributed by atoms with Crippen LogP contribution in [0.5, 0.6) is 0 Å². The average molecular weight is 198 g/mol. The van der Waals surface area contributed by atoms with Crippen molar-refractivity contribution in [3.05, 3.63) is 29.6 Å². The summed E-state index contributed by atoms with van der Waals surface area (Å²) >= 11 is 0. The molecule has 0 saturated heterocycles. The van der Waals surface area contributed by atoms with Gasteiger partial charge in [0, 0.05) is 13.1 Å². The molecule has 5 heteroatoms. The van der Waals surface area contributed by atoms with Crippen LogP contribution in [0.1, 0.15) is 5.82 Å². The summed E-state index contributed by atoms with van der Waals surface area (Å²) in [6.07, 6.45) is 0. The lowest BCUT2D eigenvalue weighted by atomic mass is 10.3. The minimum Gasteiger partial charge on any atom is -0.388 e. The number of aliphatic hydroxyl groups is 1. The van der Waals surface area contributed by atoms with Gasteiger partial charge in [-0.3, -0.25) is 0 Å². The van der Waals surface area contributed by atoms with Crippen molar-refractivity contribution in [1.82, 2.24) is 9.55 Å². The molecule has 1 aromatic heterocycles. The van der Waals surface area contributed by atoms with E-state index in [0.717, 1.165) is 6.07 Å². The van der Waals surface area contributed by atoms with Crippen LogP contribution >= 0.6 is 0 Å². The van der Waals surface area contributed by atoms with Crippen LogP contribution in [0.15, 0.2) is 12.1 Å². The number of halogens is 2. The first-order valence-corrected chi connectivity index (χ1v) is 4.04. The van der Waals surface area contributed by atoms with Gasteiger partial charge in [-0.1, -0.05) is 0 Å². The molecule has 0 spiro atoms. The highest BCUT2D eigenvalue weighted by Crippen LogP contribution is 2.19. The fourth-order valence-electron chi connectivity index (χ4n) is 1.40. The van der Waals surface area contributed by atoms with Crippen molar-refractivity contribution < 1.29 is 13.9 Å². The van der Waals surface area contributed by atoms with Crippen molar-refractivity contribution in [2.24, 2.45) is 7.05 Å². The molecule has 1 aromatic carbocycles. The normalized spacial score (nSPS) is 11.1. The first kappa shape index (κ1) is 9.08. The lowest BCUT2D eigenvalue weighted by Gasteiger charge is -1.97. The van der Waals surface area contributed by atoms with Gasteiger partial charge in [-0.25, -0.2) is 13.8 Å². The van der Waals surface area contributed by atoms with E-state index in [-0.39, 0.29) is 12.1 Å². The van der Waals surface area contributed by atoms with Gasteiger partial charge >= 0.3 is 0 Å². The number of nitrogens with zero attached hydrogens (tertiary/aromatic N) is 2. The lowest BCUT2D eigenvalue weighted by Crippen LogP contribution is -1.96. The van der Waals surface area contributed by atoms with Gasteiger partial charge in [0.1, 0.15) is 23.8 Å². The largest absolute Gasteiger partial charge is 0.388 e. The van der Waals surface area contributed by atoms with Crippen LogP contribution in [-0.2, 0) is 13.7 Å². The molecule has 0 unspecified atom stereocenters. The second kappa shape index (κ2) is 3.02. The third kappa shape index (κ3) is 1.17. The Morgan fingerprint density at radius 2 is 2.14 bits per heavy atom. The van der Waals surface area contributed by atoms with E-state index in [2.05, 4.69) is 4.98 Å². The fourth-order valence-corrected chi connectivity index (χ4v) is 1.40. The highest BCUT2D eigenvalue weighted by atomic mass is 19.1. The fraction of sp³-hybridized carbons (Fsp3) is 0.222.